The lowest BCUT2D eigenvalue weighted by atomic mass is 10.2. The average molecular weight is 751 g/mol. The van der Waals surface area contributed by atoms with Crippen molar-refractivity contribution in [3.8, 4) is 0 Å². The van der Waals surface area contributed by atoms with Gasteiger partial charge in [0.1, 0.15) is 0 Å². The van der Waals surface area contributed by atoms with Crippen LogP contribution >= 0.6 is 31.9 Å². The van der Waals surface area contributed by atoms with Crippen LogP contribution in [0, 0.1) is 13.8 Å². The van der Waals surface area contributed by atoms with Crippen molar-refractivity contribution in [2.75, 3.05) is 59.1 Å². The van der Waals surface area contributed by atoms with E-state index in [0.717, 1.165) is 33.4 Å². The Morgan fingerprint density at radius 3 is 1.48 bits per heavy atom. The number of carbonyl (C=O) groups is 2. The lowest BCUT2D eigenvalue weighted by Crippen LogP contribution is -2.58. The third-order valence-electron chi connectivity index (χ3n) is 7.52. The van der Waals surface area contributed by atoms with Crippen molar-refractivity contribution in [2.45, 2.75) is 27.7 Å². The first-order valence-corrected chi connectivity index (χ1v) is 17.1. The molecule has 8 nitrogen and oxygen atoms in total. The molecule has 0 atom stereocenters. The largest absolute Gasteiger partial charge is 0.370 e. The van der Waals surface area contributed by atoms with E-state index in [1.54, 1.807) is 0 Å². The van der Waals surface area contributed by atoms with Crippen molar-refractivity contribution >= 4 is 66.7 Å². The number of likely N-dealkylation sites (N-methyl/N-ethyl adjacent to an activating group) is 2. The Balaban J connectivity index is 1.58. The molecule has 0 saturated heterocycles. The maximum Gasteiger partial charge on any atom is 0.341 e. The fourth-order valence-electron chi connectivity index (χ4n) is 5.17. The van der Waals surface area contributed by atoms with Crippen LogP contribution in [-0.4, -0.2) is 51.3 Å². The first-order valence-electron chi connectivity index (χ1n) is 15.5. The Labute approximate surface area is 289 Å². The fraction of sp³-hybridized carbons (Fsp3) is 0.278. The quantitative estimate of drug-likeness (QED) is 0.143. The van der Waals surface area contributed by atoms with Gasteiger partial charge in [0, 0.05) is 59.6 Å². The summed E-state index contributed by atoms with van der Waals surface area (Å²) in [6, 6.07) is 30.5. The number of urea groups is 2. The molecule has 0 aliphatic rings. The topological polar surface area (TPSA) is 71.2 Å². The lowest BCUT2D eigenvalue weighted by molar-refractivity contribution is 0.237. The predicted octanol–water partition coefficient (Wildman–Crippen LogP) is 8.53. The van der Waals surface area contributed by atoms with E-state index in [1.165, 1.54) is 21.1 Å². The molecule has 0 aliphatic heterocycles. The summed E-state index contributed by atoms with van der Waals surface area (Å²) in [5.41, 5.74) is 5.63. The molecule has 0 heterocycles. The van der Waals surface area contributed by atoms with Gasteiger partial charge in [-0.25, -0.2) is 9.59 Å². The highest BCUT2D eigenvalue weighted by Crippen LogP contribution is 2.27. The van der Waals surface area contributed by atoms with Crippen LogP contribution in [0.2, 0.25) is 0 Å². The standard InChI is InChI=1S/C36H42Br2N6O2/c1-5-41(32-13-7-10-27(3)24-32)22-20-39-35(45)43(31-18-16-29(37)17-19-31)44(34-15-9-12-30(38)26-34)36(46)40-21-23-42(6-2)33-14-8-11-28(4)25-33/h7-19,24-26H,5-6,20-23H2,1-4H3,(H,39,45)(H,40,46). The molecule has 0 radical (unpaired) electrons. The van der Waals surface area contributed by atoms with Crippen molar-refractivity contribution in [1.29, 1.82) is 0 Å². The van der Waals surface area contributed by atoms with E-state index in [-0.39, 0.29) is 0 Å². The Bertz CT molecular complexity index is 1600. The molecule has 4 rings (SSSR count). The number of benzene rings is 4. The number of amides is 4. The van der Waals surface area contributed by atoms with Gasteiger partial charge >= 0.3 is 12.1 Å². The average Bonchev–Trinajstić information content (AvgIpc) is 3.04. The summed E-state index contributed by atoms with van der Waals surface area (Å²) < 4.78 is 1.65. The third kappa shape index (κ3) is 9.50. The number of aryl methyl sites for hydroxylation is 2. The normalized spacial score (nSPS) is 10.7. The summed E-state index contributed by atoms with van der Waals surface area (Å²) in [6.45, 7) is 11.9. The van der Waals surface area contributed by atoms with E-state index in [0.29, 0.717) is 37.6 Å². The van der Waals surface area contributed by atoms with Gasteiger partial charge in [-0.1, -0.05) is 62.2 Å². The van der Waals surface area contributed by atoms with Crippen molar-refractivity contribution in [3.63, 3.8) is 0 Å². The molecule has 0 bridgehead atoms. The molecule has 46 heavy (non-hydrogen) atoms. The van der Waals surface area contributed by atoms with E-state index in [2.05, 4.69) is 116 Å². The van der Waals surface area contributed by atoms with Crippen molar-refractivity contribution in [1.82, 2.24) is 10.6 Å². The molecule has 10 heteroatoms. The van der Waals surface area contributed by atoms with Crippen LogP contribution in [0.4, 0.5) is 32.3 Å². The molecule has 0 aromatic heterocycles. The molecule has 0 aliphatic carbocycles. The Hall–Kier alpha value is -4.02. The maximum absolute atomic E-state index is 14.1. The van der Waals surface area contributed by atoms with Gasteiger partial charge in [-0.15, -0.1) is 0 Å². The monoisotopic (exact) mass is 748 g/mol. The zero-order valence-electron chi connectivity index (χ0n) is 26.8. The van der Waals surface area contributed by atoms with Gasteiger partial charge in [-0.3, -0.25) is 0 Å². The molecule has 2 N–H and O–H groups in total. The minimum absolute atomic E-state index is 0.378. The van der Waals surface area contributed by atoms with Crippen LogP contribution in [0.3, 0.4) is 0 Å². The van der Waals surface area contributed by atoms with Gasteiger partial charge in [0.2, 0.25) is 0 Å². The molecule has 4 amide bonds. The third-order valence-corrected chi connectivity index (χ3v) is 8.54. The first kappa shape index (κ1) is 34.8. The van der Waals surface area contributed by atoms with Gasteiger partial charge in [0.05, 0.1) is 11.4 Å². The van der Waals surface area contributed by atoms with Gasteiger partial charge in [-0.2, -0.15) is 10.0 Å². The van der Waals surface area contributed by atoms with Gasteiger partial charge in [0.25, 0.3) is 0 Å². The van der Waals surface area contributed by atoms with Crippen LogP contribution in [-0.2, 0) is 0 Å². The molecule has 0 unspecified atom stereocenters. The van der Waals surface area contributed by atoms with E-state index in [9.17, 15) is 9.59 Å². The summed E-state index contributed by atoms with van der Waals surface area (Å²) in [7, 11) is 0. The Kier molecular flexibility index (Phi) is 12.9. The van der Waals surface area contributed by atoms with Crippen molar-refractivity contribution < 1.29 is 9.59 Å². The summed E-state index contributed by atoms with van der Waals surface area (Å²) in [5, 5.41) is 8.92. The summed E-state index contributed by atoms with van der Waals surface area (Å²) in [6.07, 6.45) is 0. The highest BCUT2D eigenvalue weighted by molar-refractivity contribution is 9.10. The number of carbonyl (C=O) groups excluding carboxylic acids is 2. The maximum atomic E-state index is 14.1. The van der Waals surface area contributed by atoms with E-state index >= 15 is 0 Å². The van der Waals surface area contributed by atoms with Crippen LogP contribution in [0.1, 0.15) is 25.0 Å². The number of hydrogen-bond donors (Lipinski definition) is 2. The SMILES string of the molecule is CCN(CCNC(=O)N(c1ccc(Br)cc1)N(C(=O)NCCN(CC)c1cccc(C)c1)c1cccc(Br)c1)c1cccc(C)c1. The molecular weight excluding hydrogens is 708 g/mol. The van der Waals surface area contributed by atoms with Crippen LogP contribution in [0.25, 0.3) is 0 Å². The zero-order valence-corrected chi connectivity index (χ0v) is 30.0. The van der Waals surface area contributed by atoms with E-state index in [4.69, 9.17) is 0 Å². The van der Waals surface area contributed by atoms with Crippen LogP contribution < -0.4 is 30.5 Å². The second-order valence-electron chi connectivity index (χ2n) is 10.9. The van der Waals surface area contributed by atoms with E-state index < -0.39 is 12.1 Å². The molecule has 4 aromatic carbocycles. The van der Waals surface area contributed by atoms with Gasteiger partial charge in [0.15, 0.2) is 0 Å². The second-order valence-corrected chi connectivity index (χ2v) is 12.7. The summed E-state index contributed by atoms with van der Waals surface area (Å²) >= 11 is 7.04. The number of hydrogen-bond acceptors (Lipinski definition) is 4. The molecule has 242 valence electrons. The number of anilines is 4. The van der Waals surface area contributed by atoms with Crippen molar-refractivity contribution in [3.05, 3.63) is 117 Å². The fourth-order valence-corrected chi connectivity index (χ4v) is 5.82. The molecule has 0 spiro atoms. The predicted molar refractivity (Wildman–Crippen MR) is 198 cm³/mol. The van der Waals surface area contributed by atoms with Gasteiger partial charge < -0.3 is 20.4 Å². The van der Waals surface area contributed by atoms with Crippen molar-refractivity contribution in [2.24, 2.45) is 0 Å². The Morgan fingerprint density at radius 2 is 1.02 bits per heavy atom. The minimum Gasteiger partial charge on any atom is -0.370 e. The molecule has 0 fully saturated rings. The minimum atomic E-state index is -0.425. The summed E-state index contributed by atoms with van der Waals surface area (Å²) in [4.78, 5) is 32.6. The number of rotatable bonds is 12. The number of halogens is 2. The number of nitrogens with zero attached hydrogens (tertiary/aromatic N) is 4. The van der Waals surface area contributed by atoms with Crippen LogP contribution in [0.5, 0.6) is 0 Å². The lowest BCUT2D eigenvalue weighted by Gasteiger charge is -2.35. The molecular formula is C36H42Br2N6O2. The highest BCUT2D eigenvalue weighted by Gasteiger charge is 2.30. The Morgan fingerprint density at radius 1 is 0.565 bits per heavy atom. The zero-order chi connectivity index (χ0) is 33.1. The van der Waals surface area contributed by atoms with Crippen LogP contribution in [0.15, 0.2) is 106 Å². The number of hydrazine groups is 1. The first-order chi connectivity index (χ1) is 22.2. The molecule has 4 aromatic rings. The smallest absolute Gasteiger partial charge is 0.341 e. The molecule has 0 saturated carbocycles. The second kappa shape index (κ2) is 17.1. The number of nitrogens with one attached hydrogen (secondary N) is 2. The highest BCUT2D eigenvalue weighted by atomic mass is 79.9. The van der Waals surface area contributed by atoms with E-state index in [1.807, 2.05) is 60.7 Å². The van der Waals surface area contributed by atoms with Gasteiger partial charge in [-0.05, 0) is 106 Å². The summed E-state index contributed by atoms with van der Waals surface area (Å²) in [5.74, 6) is 0.